The zero-order chi connectivity index (χ0) is 22.9. The van der Waals surface area contributed by atoms with Crippen LogP contribution in [0.15, 0.2) is 6.33 Å². The maximum Gasteiger partial charge on any atom is 0.613 e. The highest BCUT2D eigenvalue weighted by Gasteiger charge is 2.46. The number of nitrogen functional groups attached to an aromatic ring is 1. The van der Waals surface area contributed by atoms with Gasteiger partial charge in [0.05, 0.1) is 12.4 Å². The van der Waals surface area contributed by atoms with Gasteiger partial charge in [-0.15, -0.1) is 4.52 Å². The Labute approximate surface area is 176 Å². The number of nitrogens with one attached hydrogen (secondary N) is 1. The van der Waals surface area contributed by atoms with Gasteiger partial charge in [-0.25, -0.2) is 4.98 Å². The number of hydrogen-bond donors (Lipinski definition) is 4. The van der Waals surface area contributed by atoms with Crippen LogP contribution < -0.4 is 10.8 Å². The largest absolute Gasteiger partial charge is 0.613 e. The van der Waals surface area contributed by atoms with Gasteiger partial charge in [0.1, 0.15) is 31.0 Å². The number of ether oxygens (including phenoxy) is 2. The molecule has 1 fully saturated rings. The Morgan fingerprint density at radius 3 is 2.77 bits per heavy atom. The summed E-state index contributed by atoms with van der Waals surface area (Å²) in [5.74, 6) is -0.794. The fraction of sp³-hybridized carbons (Fsp3) is 0.625. The third-order valence-electron chi connectivity index (χ3n) is 4.39. The van der Waals surface area contributed by atoms with E-state index in [9.17, 15) is 24.0 Å². The Bertz CT molecular complexity index is 975. The molecule has 0 spiro atoms. The van der Waals surface area contributed by atoms with Crippen molar-refractivity contribution in [3.8, 4) is 0 Å². The Kier molecular flexibility index (Phi) is 7.09. The van der Waals surface area contributed by atoms with Gasteiger partial charge >= 0.3 is 20.2 Å². The Morgan fingerprint density at radius 2 is 2.10 bits per heavy atom. The van der Waals surface area contributed by atoms with E-state index in [4.69, 9.17) is 19.7 Å². The van der Waals surface area contributed by atoms with Crippen molar-refractivity contribution >= 4 is 31.1 Å². The molecule has 170 valence electrons. The van der Waals surface area contributed by atoms with E-state index >= 15 is 0 Å². The monoisotopic (exact) mass is 461 g/mol. The number of nitrogens with zero attached hydrogens (tertiary/aromatic N) is 4. The second kappa shape index (κ2) is 9.42. The number of fused-ring (bicyclic) bond motifs is 1. The summed E-state index contributed by atoms with van der Waals surface area (Å²) in [5, 5.41) is 23.1. The summed E-state index contributed by atoms with van der Waals surface area (Å²) in [6.07, 6.45) is -5.34. The molecule has 1 aliphatic rings. The SMILES string of the molecule is CC(C)OC(=O)[C@H](C)N[P+](=O)OC[C@H]1O[C@@H](n2cnc3c(N)nc(F)nc32)[C@@H](O)[C@@H]1O. The van der Waals surface area contributed by atoms with Crippen LogP contribution in [0.3, 0.4) is 0 Å². The number of imidazole rings is 1. The molecule has 0 radical (unpaired) electrons. The van der Waals surface area contributed by atoms with E-state index < -0.39 is 50.8 Å². The van der Waals surface area contributed by atoms with Crippen LogP contribution in [-0.4, -0.2) is 72.8 Å². The Balaban J connectivity index is 1.63. The minimum atomic E-state index is -2.50. The van der Waals surface area contributed by atoms with E-state index in [-0.39, 0.29) is 29.7 Å². The van der Waals surface area contributed by atoms with E-state index in [1.54, 1.807) is 13.8 Å². The van der Waals surface area contributed by atoms with Gasteiger partial charge in [-0.3, -0.25) is 9.36 Å². The van der Waals surface area contributed by atoms with Crippen molar-refractivity contribution in [3.63, 3.8) is 0 Å². The molecule has 3 rings (SSSR count). The van der Waals surface area contributed by atoms with Crippen LogP contribution in [0.2, 0.25) is 0 Å². The average Bonchev–Trinajstić information content (AvgIpc) is 3.21. The second-order valence-electron chi connectivity index (χ2n) is 7.14. The molecule has 13 nitrogen and oxygen atoms in total. The van der Waals surface area contributed by atoms with Crippen molar-refractivity contribution in [3.05, 3.63) is 12.4 Å². The van der Waals surface area contributed by atoms with Crippen LogP contribution in [-0.2, 0) is 23.4 Å². The number of halogens is 1. The van der Waals surface area contributed by atoms with Crippen LogP contribution in [0.1, 0.15) is 27.0 Å². The van der Waals surface area contributed by atoms with E-state index in [0.717, 1.165) is 0 Å². The van der Waals surface area contributed by atoms with E-state index in [0.29, 0.717) is 0 Å². The van der Waals surface area contributed by atoms with E-state index in [1.807, 2.05) is 0 Å². The lowest BCUT2D eigenvalue weighted by molar-refractivity contribution is -0.149. The number of aromatic nitrogens is 4. The van der Waals surface area contributed by atoms with E-state index in [1.165, 1.54) is 17.8 Å². The number of carbonyl (C=O) groups is 1. The third-order valence-corrected chi connectivity index (χ3v) is 5.37. The minimum Gasteiger partial charge on any atom is -0.462 e. The molecule has 2 aromatic heterocycles. The van der Waals surface area contributed by atoms with Gasteiger partial charge in [-0.2, -0.15) is 14.4 Å². The predicted molar refractivity (Wildman–Crippen MR) is 103 cm³/mol. The fourth-order valence-corrected chi connectivity index (χ4v) is 3.70. The highest BCUT2D eigenvalue weighted by Crippen LogP contribution is 2.33. The lowest BCUT2D eigenvalue weighted by atomic mass is 10.1. The molecule has 0 saturated carbocycles. The summed E-state index contributed by atoms with van der Waals surface area (Å²) in [5.41, 5.74) is 5.68. The van der Waals surface area contributed by atoms with Crippen LogP contribution >= 0.6 is 8.18 Å². The maximum atomic E-state index is 13.5. The number of esters is 1. The molecule has 5 N–H and O–H groups in total. The minimum absolute atomic E-state index is 0.0342. The third kappa shape index (κ3) is 5.11. The first kappa shape index (κ1) is 23.3. The lowest BCUT2D eigenvalue weighted by Crippen LogP contribution is -2.35. The van der Waals surface area contributed by atoms with Gasteiger partial charge in [0.25, 0.3) is 0 Å². The van der Waals surface area contributed by atoms with Crippen molar-refractivity contribution in [1.82, 2.24) is 24.6 Å². The van der Waals surface area contributed by atoms with E-state index in [2.05, 4.69) is 20.0 Å². The quantitative estimate of drug-likeness (QED) is 0.230. The zero-order valence-corrected chi connectivity index (χ0v) is 17.8. The van der Waals surface area contributed by atoms with Crippen molar-refractivity contribution in [1.29, 1.82) is 0 Å². The molecule has 2 aromatic rings. The molecule has 1 aliphatic heterocycles. The first-order valence-electron chi connectivity index (χ1n) is 9.32. The maximum absolute atomic E-state index is 13.5. The van der Waals surface area contributed by atoms with Crippen LogP contribution in [0.4, 0.5) is 10.2 Å². The number of carbonyl (C=O) groups excluding carboxylic acids is 1. The van der Waals surface area contributed by atoms with Crippen molar-refractivity contribution < 1.29 is 38.0 Å². The standard InChI is InChI=1S/C16H23FN6O7P/c1-6(2)29-15(26)7(3)22-31(27)28-4-8-10(24)11(25)14(30-8)23-5-19-9-12(18)20-16(17)21-13(9)23/h5-8,10-11,14,24-25H,4H2,1-3H3,(H,22,27)(H2,18,20,21)/q+1/t7-,8+,10+,11-,14+/m0/s1. The number of aliphatic hydroxyl groups is 2. The number of rotatable bonds is 8. The van der Waals surface area contributed by atoms with Crippen molar-refractivity contribution in [2.24, 2.45) is 0 Å². The molecule has 15 heteroatoms. The lowest BCUT2D eigenvalue weighted by Gasteiger charge is -2.16. The first-order valence-corrected chi connectivity index (χ1v) is 10.5. The second-order valence-corrected chi connectivity index (χ2v) is 8.17. The summed E-state index contributed by atoms with van der Waals surface area (Å²) in [6.45, 7) is 4.44. The molecule has 1 saturated heterocycles. The van der Waals surface area contributed by atoms with Crippen LogP contribution in [0.25, 0.3) is 11.2 Å². The summed E-state index contributed by atoms with van der Waals surface area (Å²) >= 11 is 0. The summed E-state index contributed by atoms with van der Waals surface area (Å²) in [4.78, 5) is 22.7. The highest BCUT2D eigenvalue weighted by atomic mass is 31.1. The van der Waals surface area contributed by atoms with Crippen LogP contribution in [0.5, 0.6) is 0 Å². The molecule has 1 unspecified atom stereocenters. The van der Waals surface area contributed by atoms with Crippen molar-refractivity contribution in [2.75, 3.05) is 12.3 Å². The first-order chi connectivity index (χ1) is 14.6. The fourth-order valence-electron chi connectivity index (χ4n) is 2.92. The molecule has 0 aromatic carbocycles. The summed E-state index contributed by atoms with van der Waals surface area (Å²) < 4.78 is 42.5. The summed E-state index contributed by atoms with van der Waals surface area (Å²) in [7, 11) is -2.50. The molecular formula is C16H23FN6O7P+. The molecule has 0 amide bonds. The smallest absolute Gasteiger partial charge is 0.462 e. The summed E-state index contributed by atoms with van der Waals surface area (Å²) in [6, 6.07) is -0.892. The molecule has 0 bridgehead atoms. The molecule has 3 heterocycles. The Morgan fingerprint density at radius 1 is 1.39 bits per heavy atom. The zero-order valence-electron chi connectivity index (χ0n) is 16.9. The van der Waals surface area contributed by atoms with Crippen molar-refractivity contribution in [2.45, 2.75) is 57.5 Å². The highest BCUT2D eigenvalue weighted by molar-refractivity contribution is 7.36. The topological polar surface area (TPSA) is 184 Å². The molecule has 31 heavy (non-hydrogen) atoms. The average molecular weight is 461 g/mol. The van der Waals surface area contributed by atoms with Gasteiger partial charge in [0, 0.05) is 0 Å². The number of aliphatic hydroxyl groups excluding tert-OH is 2. The van der Waals surface area contributed by atoms with Gasteiger partial charge in [0.15, 0.2) is 23.2 Å². The molecule has 0 aliphatic carbocycles. The molecular weight excluding hydrogens is 438 g/mol. The van der Waals surface area contributed by atoms with Gasteiger partial charge in [-0.1, -0.05) is 5.09 Å². The number of hydrogen-bond acceptors (Lipinski definition) is 11. The number of anilines is 1. The predicted octanol–water partition coefficient (Wildman–Crippen LogP) is -0.229. The van der Waals surface area contributed by atoms with Gasteiger partial charge in [0.2, 0.25) is 0 Å². The normalized spacial score (nSPS) is 25.2. The molecule has 6 atom stereocenters. The Hall–Kier alpha value is -2.35. The number of nitrogens with two attached hydrogens (primary N) is 1. The van der Waals surface area contributed by atoms with Crippen LogP contribution in [0, 0.1) is 6.08 Å². The van der Waals surface area contributed by atoms with Gasteiger partial charge in [-0.05, 0) is 25.3 Å². The van der Waals surface area contributed by atoms with Gasteiger partial charge < -0.3 is 25.4 Å².